The highest BCUT2D eigenvalue weighted by Gasteiger charge is 2.07. The van der Waals surface area contributed by atoms with Crippen molar-refractivity contribution in [3.8, 4) is 5.75 Å². The first-order valence-corrected chi connectivity index (χ1v) is 6.77. The second-order valence-electron chi connectivity index (χ2n) is 5.19. The Bertz CT molecular complexity index is 447. The van der Waals surface area contributed by atoms with Crippen molar-refractivity contribution in [2.75, 3.05) is 20.7 Å². The van der Waals surface area contributed by atoms with Crippen LogP contribution in [0.2, 0.25) is 0 Å². The predicted octanol–water partition coefficient (Wildman–Crippen LogP) is 1.96. The average Bonchev–Trinajstić information content (AvgIpc) is 2.35. The van der Waals surface area contributed by atoms with Gasteiger partial charge in [0.05, 0.1) is 6.61 Å². The van der Waals surface area contributed by atoms with Crippen LogP contribution in [0.5, 0.6) is 5.75 Å². The number of nitrogens with two attached hydrogens (primary N) is 1. The molecule has 0 saturated heterocycles. The minimum atomic E-state index is -0.387. The summed E-state index contributed by atoms with van der Waals surface area (Å²) in [4.78, 5) is 12.9. The summed E-state index contributed by atoms with van der Waals surface area (Å²) in [5.74, 6) is -0.126. The lowest BCUT2D eigenvalue weighted by atomic mass is 10.1. The summed E-state index contributed by atoms with van der Waals surface area (Å²) < 4.78 is 19.1. The van der Waals surface area contributed by atoms with Gasteiger partial charge in [0.2, 0.25) is 5.91 Å². The fraction of sp³-hybridized carbons (Fsp3) is 0.533. The maximum absolute atomic E-state index is 13.8. The number of amides is 1. The molecule has 2 N–H and O–H groups in total. The molecule has 1 aromatic carbocycles. The van der Waals surface area contributed by atoms with Gasteiger partial charge in [-0.2, -0.15) is 0 Å². The first kappa shape index (κ1) is 16.4. The van der Waals surface area contributed by atoms with E-state index < -0.39 is 0 Å². The van der Waals surface area contributed by atoms with Crippen molar-refractivity contribution in [1.29, 1.82) is 0 Å². The number of hydrogen-bond donors (Lipinski definition) is 1. The van der Waals surface area contributed by atoms with Crippen molar-refractivity contribution in [3.05, 3.63) is 29.6 Å². The zero-order chi connectivity index (χ0) is 15.1. The number of ether oxygens (including phenoxy) is 1. The maximum atomic E-state index is 13.8. The van der Waals surface area contributed by atoms with E-state index in [-0.39, 0.29) is 23.5 Å². The second kappa shape index (κ2) is 7.85. The highest BCUT2D eigenvalue weighted by atomic mass is 19.1. The van der Waals surface area contributed by atoms with Gasteiger partial charge in [-0.05, 0) is 37.5 Å². The van der Waals surface area contributed by atoms with Gasteiger partial charge in [0.1, 0.15) is 0 Å². The van der Waals surface area contributed by atoms with Crippen LogP contribution in [0.1, 0.15) is 25.3 Å². The smallest absolute Gasteiger partial charge is 0.222 e. The normalized spacial score (nSPS) is 12.1. The van der Waals surface area contributed by atoms with E-state index in [1.165, 1.54) is 11.0 Å². The number of halogens is 1. The van der Waals surface area contributed by atoms with Crippen LogP contribution in [0.15, 0.2) is 18.2 Å². The van der Waals surface area contributed by atoms with Crippen molar-refractivity contribution in [2.45, 2.75) is 32.2 Å². The Balaban J connectivity index is 2.43. The number of carbonyl (C=O) groups is 1. The molecule has 5 heteroatoms. The summed E-state index contributed by atoms with van der Waals surface area (Å²) in [5.41, 5.74) is 6.53. The number of rotatable bonds is 7. The third kappa shape index (κ3) is 5.57. The number of hydrogen-bond acceptors (Lipinski definition) is 3. The van der Waals surface area contributed by atoms with Gasteiger partial charge in [0.15, 0.2) is 11.6 Å². The fourth-order valence-electron chi connectivity index (χ4n) is 1.79. The Kier molecular flexibility index (Phi) is 6.45. The minimum absolute atomic E-state index is 0.00165. The van der Waals surface area contributed by atoms with Gasteiger partial charge in [0, 0.05) is 26.6 Å². The molecule has 0 spiro atoms. The summed E-state index contributed by atoms with van der Waals surface area (Å²) in [6.07, 6.45) is 1.60. The topological polar surface area (TPSA) is 55.6 Å². The Hall–Kier alpha value is -1.62. The van der Waals surface area contributed by atoms with E-state index in [4.69, 9.17) is 10.5 Å². The maximum Gasteiger partial charge on any atom is 0.222 e. The van der Waals surface area contributed by atoms with E-state index in [0.717, 1.165) is 5.56 Å². The summed E-state index contributed by atoms with van der Waals surface area (Å²) in [6, 6.07) is 4.87. The van der Waals surface area contributed by atoms with Crippen LogP contribution in [0.4, 0.5) is 4.39 Å². The molecule has 0 aliphatic rings. The molecule has 0 heterocycles. The molecule has 0 aromatic heterocycles. The molecule has 20 heavy (non-hydrogen) atoms. The molecule has 0 saturated carbocycles. The monoisotopic (exact) mass is 282 g/mol. The Morgan fingerprint density at radius 3 is 2.70 bits per heavy atom. The van der Waals surface area contributed by atoms with E-state index in [0.29, 0.717) is 25.9 Å². The molecule has 1 unspecified atom stereocenters. The average molecular weight is 282 g/mol. The van der Waals surface area contributed by atoms with Crippen molar-refractivity contribution in [1.82, 2.24) is 4.90 Å². The minimum Gasteiger partial charge on any atom is -0.491 e. The van der Waals surface area contributed by atoms with Gasteiger partial charge < -0.3 is 15.4 Å². The summed E-state index contributed by atoms with van der Waals surface area (Å²) >= 11 is 0. The molecular weight excluding hydrogens is 259 g/mol. The van der Waals surface area contributed by atoms with Crippen molar-refractivity contribution < 1.29 is 13.9 Å². The highest BCUT2D eigenvalue weighted by molar-refractivity contribution is 5.75. The molecular formula is C15H23FN2O2. The van der Waals surface area contributed by atoms with E-state index >= 15 is 0 Å². The molecule has 1 amide bonds. The SMILES string of the molecule is CC(N)Cc1ccc(OCCCC(=O)N(C)C)c(F)c1. The summed E-state index contributed by atoms with van der Waals surface area (Å²) in [6.45, 7) is 2.20. The van der Waals surface area contributed by atoms with Crippen molar-refractivity contribution in [2.24, 2.45) is 5.73 Å². The number of carbonyl (C=O) groups excluding carboxylic acids is 1. The molecule has 1 rings (SSSR count). The quantitative estimate of drug-likeness (QED) is 0.778. The summed E-state index contributed by atoms with van der Waals surface area (Å²) in [5, 5.41) is 0. The zero-order valence-corrected chi connectivity index (χ0v) is 12.4. The molecule has 0 aliphatic heterocycles. The Morgan fingerprint density at radius 2 is 2.15 bits per heavy atom. The van der Waals surface area contributed by atoms with E-state index in [1.807, 2.05) is 13.0 Å². The van der Waals surface area contributed by atoms with E-state index in [2.05, 4.69) is 0 Å². The van der Waals surface area contributed by atoms with Crippen LogP contribution in [0.25, 0.3) is 0 Å². The molecule has 1 atom stereocenters. The second-order valence-corrected chi connectivity index (χ2v) is 5.19. The number of benzene rings is 1. The van der Waals surface area contributed by atoms with E-state index in [1.54, 1.807) is 20.2 Å². The zero-order valence-electron chi connectivity index (χ0n) is 12.4. The van der Waals surface area contributed by atoms with Crippen LogP contribution in [0.3, 0.4) is 0 Å². The first-order chi connectivity index (χ1) is 9.40. The lowest BCUT2D eigenvalue weighted by Gasteiger charge is -2.11. The van der Waals surface area contributed by atoms with Gasteiger partial charge in [-0.15, -0.1) is 0 Å². The lowest BCUT2D eigenvalue weighted by Crippen LogP contribution is -2.21. The first-order valence-electron chi connectivity index (χ1n) is 6.77. The third-order valence-corrected chi connectivity index (χ3v) is 2.85. The number of nitrogens with zero attached hydrogens (tertiary/aromatic N) is 1. The van der Waals surface area contributed by atoms with Crippen LogP contribution >= 0.6 is 0 Å². The standard InChI is InChI=1S/C15H23FN2O2/c1-11(17)9-12-6-7-14(13(16)10-12)20-8-4-5-15(19)18(2)3/h6-7,10-11H,4-5,8-9,17H2,1-3H3. The van der Waals surface area contributed by atoms with Gasteiger partial charge in [-0.1, -0.05) is 6.07 Å². The molecule has 0 aliphatic carbocycles. The van der Waals surface area contributed by atoms with Gasteiger partial charge in [-0.25, -0.2) is 4.39 Å². The molecule has 4 nitrogen and oxygen atoms in total. The lowest BCUT2D eigenvalue weighted by molar-refractivity contribution is -0.128. The molecule has 112 valence electrons. The highest BCUT2D eigenvalue weighted by Crippen LogP contribution is 2.19. The molecule has 0 bridgehead atoms. The summed E-state index contributed by atoms with van der Waals surface area (Å²) in [7, 11) is 3.42. The van der Waals surface area contributed by atoms with E-state index in [9.17, 15) is 9.18 Å². The molecule has 0 fully saturated rings. The van der Waals surface area contributed by atoms with Crippen LogP contribution in [-0.4, -0.2) is 37.6 Å². The largest absolute Gasteiger partial charge is 0.491 e. The van der Waals surface area contributed by atoms with Crippen molar-refractivity contribution in [3.63, 3.8) is 0 Å². The molecule has 1 aromatic rings. The van der Waals surface area contributed by atoms with Crippen LogP contribution in [0, 0.1) is 5.82 Å². The van der Waals surface area contributed by atoms with Gasteiger partial charge in [0.25, 0.3) is 0 Å². The van der Waals surface area contributed by atoms with Crippen LogP contribution in [-0.2, 0) is 11.2 Å². The fourth-order valence-corrected chi connectivity index (χ4v) is 1.79. The molecule has 0 radical (unpaired) electrons. The predicted molar refractivity (Wildman–Crippen MR) is 77.2 cm³/mol. The van der Waals surface area contributed by atoms with Gasteiger partial charge >= 0.3 is 0 Å². The Labute approximate surface area is 119 Å². The third-order valence-electron chi connectivity index (χ3n) is 2.85. The van der Waals surface area contributed by atoms with Gasteiger partial charge in [-0.3, -0.25) is 4.79 Å². The van der Waals surface area contributed by atoms with Crippen LogP contribution < -0.4 is 10.5 Å². The Morgan fingerprint density at radius 1 is 1.45 bits per heavy atom. The van der Waals surface area contributed by atoms with Crippen molar-refractivity contribution >= 4 is 5.91 Å².